The van der Waals surface area contributed by atoms with Gasteiger partial charge in [0.2, 0.25) is 0 Å². The van der Waals surface area contributed by atoms with E-state index in [-0.39, 0.29) is 11.7 Å². The van der Waals surface area contributed by atoms with Crippen molar-refractivity contribution in [1.29, 1.82) is 0 Å². The van der Waals surface area contributed by atoms with Gasteiger partial charge in [-0.3, -0.25) is 9.36 Å². The Morgan fingerprint density at radius 1 is 1.07 bits per heavy atom. The van der Waals surface area contributed by atoms with E-state index in [4.69, 9.17) is 4.52 Å². The molecule has 1 amide bonds. The zero-order chi connectivity index (χ0) is 19.8. The first kappa shape index (κ1) is 17.3. The Balaban J connectivity index is 1.43. The van der Waals surface area contributed by atoms with Gasteiger partial charge in [0.1, 0.15) is 29.9 Å². The highest BCUT2D eigenvalue weighted by Gasteiger charge is 2.28. The van der Waals surface area contributed by atoms with E-state index in [0.29, 0.717) is 36.3 Å². The Labute approximate surface area is 165 Å². The normalized spacial score (nSPS) is 13.3. The largest absolute Gasteiger partial charge is 0.360 e. The number of nitrogens with zero attached hydrogens (tertiary/aromatic N) is 5. The monoisotopic (exact) mass is 389 g/mol. The van der Waals surface area contributed by atoms with Gasteiger partial charge in [-0.1, -0.05) is 23.4 Å². The first-order valence-electron chi connectivity index (χ1n) is 9.17. The number of aromatic nitrogens is 4. The highest BCUT2D eigenvalue weighted by molar-refractivity contribution is 5.95. The standard InChI is InChI=1S/C21H16FN5O2/c22-16-5-1-3-14(9-16)20-18-11-26(8-7-19(18)29-25-20)21(28)15-4-2-6-17(10-15)27-12-23-24-13-27/h1-6,9-10,12-13H,7-8,11H2. The number of hydrogen-bond donors (Lipinski definition) is 0. The summed E-state index contributed by atoms with van der Waals surface area (Å²) in [7, 11) is 0. The third-order valence-electron chi connectivity index (χ3n) is 5.02. The van der Waals surface area contributed by atoms with E-state index in [9.17, 15) is 9.18 Å². The van der Waals surface area contributed by atoms with Crippen LogP contribution in [0.3, 0.4) is 0 Å². The molecule has 0 fully saturated rings. The lowest BCUT2D eigenvalue weighted by atomic mass is 10.0. The van der Waals surface area contributed by atoms with E-state index in [2.05, 4.69) is 15.4 Å². The molecule has 0 bridgehead atoms. The zero-order valence-electron chi connectivity index (χ0n) is 15.3. The molecule has 5 rings (SSSR count). The number of carbonyl (C=O) groups is 1. The van der Waals surface area contributed by atoms with Crippen LogP contribution >= 0.6 is 0 Å². The Kier molecular flexibility index (Phi) is 4.16. The van der Waals surface area contributed by atoms with Crippen molar-refractivity contribution in [2.24, 2.45) is 0 Å². The summed E-state index contributed by atoms with van der Waals surface area (Å²) >= 11 is 0. The summed E-state index contributed by atoms with van der Waals surface area (Å²) in [5, 5.41) is 11.7. The molecular weight excluding hydrogens is 373 g/mol. The maximum Gasteiger partial charge on any atom is 0.254 e. The van der Waals surface area contributed by atoms with Crippen LogP contribution in [0, 0.1) is 5.82 Å². The number of benzene rings is 2. The van der Waals surface area contributed by atoms with Crippen molar-refractivity contribution in [1.82, 2.24) is 24.8 Å². The fourth-order valence-corrected chi connectivity index (χ4v) is 3.56. The molecule has 4 aromatic rings. The van der Waals surface area contributed by atoms with Crippen LogP contribution in [0.25, 0.3) is 16.9 Å². The number of amides is 1. The van der Waals surface area contributed by atoms with Crippen LogP contribution in [0.1, 0.15) is 21.7 Å². The van der Waals surface area contributed by atoms with Gasteiger partial charge in [-0.05, 0) is 30.3 Å². The lowest BCUT2D eigenvalue weighted by molar-refractivity contribution is 0.0729. The third-order valence-corrected chi connectivity index (χ3v) is 5.02. The second-order valence-corrected chi connectivity index (χ2v) is 6.84. The van der Waals surface area contributed by atoms with Crippen molar-refractivity contribution in [3.8, 4) is 16.9 Å². The fourth-order valence-electron chi connectivity index (χ4n) is 3.56. The summed E-state index contributed by atoms with van der Waals surface area (Å²) in [4.78, 5) is 14.9. The predicted molar refractivity (Wildman–Crippen MR) is 102 cm³/mol. The van der Waals surface area contributed by atoms with Gasteiger partial charge in [0.15, 0.2) is 0 Å². The van der Waals surface area contributed by atoms with Crippen LogP contribution in [0.15, 0.2) is 65.7 Å². The molecule has 0 aliphatic carbocycles. The summed E-state index contributed by atoms with van der Waals surface area (Å²) in [5.41, 5.74) is 3.42. The third kappa shape index (κ3) is 3.18. The molecule has 7 nitrogen and oxygen atoms in total. The molecule has 1 aliphatic rings. The van der Waals surface area contributed by atoms with Crippen molar-refractivity contribution >= 4 is 5.91 Å². The molecule has 0 radical (unpaired) electrons. The highest BCUT2D eigenvalue weighted by Crippen LogP contribution is 2.31. The lowest BCUT2D eigenvalue weighted by Gasteiger charge is -2.26. The summed E-state index contributed by atoms with van der Waals surface area (Å²) < 4.78 is 20.8. The summed E-state index contributed by atoms with van der Waals surface area (Å²) in [6.07, 6.45) is 3.73. The minimum Gasteiger partial charge on any atom is -0.360 e. The average Bonchev–Trinajstić information content (AvgIpc) is 3.43. The predicted octanol–water partition coefficient (Wildman–Crippen LogP) is 3.26. The number of rotatable bonds is 3. The van der Waals surface area contributed by atoms with Crippen LogP contribution < -0.4 is 0 Å². The minimum absolute atomic E-state index is 0.0861. The minimum atomic E-state index is -0.339. The van der Waals surface area contributed by atoms with Gasteiger partial charge in [-0.25, -0.2) is 4.39 Å². The number of fused-ring (bicyclic) bond motifs is 1. The topological polar surface area (TPSA) is 77.0 Å². The molecule has 0 atom stereocenters. The van der Waals surface area contributed by atoms with E-state index in [1.54, 1.807) is 40.3 Å². The van der Waals surface area contributed by atoms with Gasteiger partial charge in [0, 0.05) is 35.3 Å². The molecule has 2 aromatic heterocycles. The molecule has 0 N–H and O–H groups in total. The molecule has 8 heteroatoms. The molecule has 1 aliphatic heterocycles. The molecule has 29 heavy (non-hydrogen) atoms. The van der Waals surface area contributed by atoms with Gasteiger partial charge in [0.05, 0.1) is 6.54 Å². The number of halogens is 1. The molecular formula is C21H16FN5O2. The fraction of sp³-hybridized carbons (Fsp3) is 0.143. The molecule has 3 heterocycles. The van der Waals surface area contributed by atoms with E-state index in [0.717, 1.165) is 17.0 Å². The van der Waals surface area contributed by atoms with Crippen LogP contribution in [0.2, 0.25) is 0 Å². The second-order valence-electron chi connectivity index (χ2n) is 6.84. The van der Waals surface area contributed by atoms with Crippen LogP contribution in [-0.4, -0.2) is 37.3 Å². The average molecular weight is 389 g/mol. The highest BCUT2D eigenvalue weighted by atomic mass is 19.1. The molecule has 0 saturated heterocycles. The van der Waals surface area contributed by atoms with Crippen molar-refractivity contribution in [2.45, 2.75) is 13.0 Å². The van der Waals surface area contributed by atoms with Gasteiger partial charge < -0.3 is 9.42 Å². The van der Waals surface area contributed by atoms with Crippen LogP contribution in [0.4, 0.5) is 4.39 Å². The lowest BCUT2D eigenvalue weighted by Crippen LogP contribution is -2.35. The Hall–Kier alpha value is -3.81. The van der Waals surface area contributed by atoms with Crippen LogP contribution in [0.5, 0.6) is 0 Å². The Morgan fingerprint density at radius 3 is 2.72 bits per heavy atom. The molecule has 144 valence electrons. The Bertz CT molecular complexity index is 1190. The van der Waals surface area contributed by atoms with Crippen molar-refractivity contribution in [2.75, 3.05) is 6.54 Å². The van der Waals surface area contributed by atoms with Gasteiger partial charge in [0.25, 0.3) is 5.91 Å². The van der Waals surface area contributed by atoms with Gasteiger partial charge in [-0.2, -0.15) is 0 Å². The quantitative estimate of drug-likeness (QED) is 0.538. The molecule has 0 saturated carbocycles. The SMILES string of the molecule is O=C(c1cccc(-n2cnnc2)c1)N1CCc2onc(-c3cccc(F)c3)c2C1. The first-order valence-corrected chi connectivity index (χ1v) is 9.17. The summed E-state index contributed by atoms with van der Waals surface area (Å²) in [5.74, 6) is 0.317. The van der Waals surface area contributed by atoms with Crippen molar-refractivity contribution < 1.29 is 13.7 Å². The van der Waals surface area contributed by atoms with E-state index in [1.165, 1.54) is 12.1 Å². The maximum atomic E-state index is 13.6. The van der Waals surface area contributed by atoms with Crippen molar-refractivity contribution in [3.05, 3.63) is 83.9 Å². The molecule has 0 unspecified atom stereocenters. The van der Waals surface area contributed by atoms with E-state index in [1.807, 2.05) is 18.2 Å². The van der Waals surface area contributed by atoms with E-state index >= 15 is 0 Å². The van der Waals surface area contributed by atoms with Crippen molar-refractivity contribution in [3.63, 3.8) is 0 Å². The zero-order valence-corrected chi connectivity index (χ0v) is 15.3. The second kappa shape index (κ2) is 6.97. The van der Waals surface area contributed by atoms with Gasteiger partial charge >= 0.3 is 0 Å². The van der Waals surface area contributed by atoms with E-state index < -0.39 is 0 Å². The Morgan fingerprint density at radius 2 is 1.90 bits per heavy atom. The smallest absolute Gasteiger partial charge is 0.254 e. The van der Waals surface area contributed by atoms with Gasteiger partial charge in [-0.15, -0.1) is 10.2 Å². The summed E-state index contributed by atoms with van der Waals surface area (Å²) in [6, 6.07) is 13.5. The van der Waals surface area contributed by atoms with Crippen LogP contribution in [-0.2, 0) is 13.0 Å². The number of hydrogen-bond acceptors (Lipinski definition) is 5. The first-order chi connectivity index (χ1) is 14.2. The molecule has 0 spiro atoms. The molecule has 2 aromatic carbocycles. The summed E-state index contributed by atoms with van der Waals surface area (Å²) in [6.45, 7) is 0.890. The maximum absolute atomic E-state index is 13.6. The number of carbonyl (C=O) groups excluding carboxylic acids is 1.